The van der Waals surface area contributed by atoms with Crippen molar-refractivity contribution in [2.45, 2.75) is 25.3 Å². The summed E-state index contributed by atoms with van der Waals surface area (Å²) in [6.45, 7) is 2.17. The van der Waals surface area contributed by atoms with Crippen LogP contribution in [0.15, 0.2) is 22.8 Å². The van der Waals surface area contributed by atoms with E-state index in [1.54, 1.807) is 18.2 Å². The van der Waals surface area contributed by atoms with Gasteiger partial charge in [0.1, 0.15) is 22.7 Å². The summed E-state index contributed by atoms with van der Waals surface area (Å²) in [4.78, 5) is 16.8. The van der Waals surface area contributed by atoms with Gasteiger partial charge in [-0.05, 0) is 55.4 Å². The molecule has 0 atom stereocenters. The number of hydrogen-bond donors (Lipinski definition) is 0. The highest BCUT2D eigenvalue weighted by Gasteiger charge is 2.28. The van der Waals surface area contributed by atoms with Gasteiger partial charge in [-0.15, -0.1) is 10.2 Å². The van der Waals surface area contributed by atoms with Crippen molar-refractivity contribution in [3.8, 4) is 0 Å². The zero-order chi connectivity index (χ0) is 19.0. The average molecular weight is 369 g/mol. The monoisotopic (exact) mass is 369 g/mol. The van der Waals surface area contributed by atoms with E-state index in [1.807, 2.05) is 26.0 Å². The number of amides is 1. The first kappa shape index (κ1) is 17.6. The highest BCUT2D eigenvalue weighted by atomic mass is 16.6. The van der Waals surface area contributed by atoms with Crippen molar-refractivity contribution in [3.05, 3.63) is 35.4 Å². The molecule has 27 heavy (non-hydrogen) atoms. The molecule has 4 rings (SSSR count). The van der Waals surface area contributed by atoms with Crippen molar-refractivity contribution in [1.29, 1.82) is 0 Å². The molecular formula is C18H23N7O2. The van der Waals surface area contributed by atoms with Crippen LogP contribution >= 0.6 is 0 Å². The first-order valence-corrected chi connectivity index (χ1v) is 9.07. The molecule has 9 heteroatoms. The van der Waals surface area contributed by atoms with E-state index in [0.717, 1.165) is 31.0 Å². The maximum absolute atomic E-state index is 12.8. The average Bonchev–Trinajstić information content (AvgIpc) is 3.27. The molecule has 0 N–H and O–H groups in total. The Kier molecular flexibility index (Phi) is 4.61. The predicted molar refractivity (Wildman–Crippen MR) is 98.1 cm³/mol. The first-order valence-electron chi connectivity index (χ1n) is 9.07. The summed E-state index contributed by atoms with van der Waals surface area (Å²) in [5, 5.41) is 16.3. The van der Waals surface area contributed by atoms with Crippen LogP contribution in [0.3, 0.4) is 0 Å². The summed E-state index contributed by atoms with van der Waals surface area (Å²) >= 11 is 0. The Bertz CT molecular complexity index is 954. The van der Waals surface area contributed by atoms with Crippen molar-refractivity contribution in [2.75, 3.05) is 27.2 Å². The second-order valence-corrected chi connectivity index (χ2v) is 7.31. The highest BCUT2D eigenvalue weighted by molar-refractivity contribution is 5.97. The number of rotatable bonds is 4. The van der Waals surface area contributed by atoms with Crippen molar-refractivity contribution in [2.24, 2.45) is 7.05 Å². The zero-order valence-corrected chi connectivity index (χ0v) is 15.8. The van der Waals surface area contributed by atoms with Gasteiger partial charge in [-0.3, -0.25) is 4.79 Å². The van der Waals surface area contributed by atoms with Crippen LogP contribution in [0.25, 0.3) is 11.0 Å². The van der Waals surface area contributed by atoms with E-state index < -0.39 is 0 Å². The van der Waals surface area contributed by atoms with Crippen LogP contribution in [0, 0.1) is 0 Å². The second-order valence-electron chi connectivity index (χ2n) is 7.31. The lowest BCUT2D eigenvalue weighted by atomic mass is 9.95. The van der Waals surface area contributed by atoms with E-state index in [1.165, 1.54) is 0 Å². The predicted octanol–water partition coefficient (Wildman–Crippen LogP) is 1.43. The quantitative estimate of drug-likeness (QED) is 0.687. The molecule has 0 aliphatic carbocycles. The largest absolute Gasteiger partial charge is 0.339 e. The van der Waals surface area contributed by atoms with Crippen LogP contribution in [0.4, 0.5) is 0 Å². The summed E-state index contributed by atoms with van der Waals surface area (Å²) in [6, 6.07) is 5.27. The van der Waals surface area contributed by atoms with Crippen LogP contribution < -0.4 is 0 Å². The molecule has 0 spiro atoms. The Labute approximate surface area is 156 Å². The molecule has 1 fully saturated rings. The third-order valence-electron chi connectivity index (χ3n) is 5.10. The topological polar surface area (TPSA) is 93.2 Å². The van der Waals surface area contributed by atoms with Crippen molar-refractivity contribution in [3.63, 3.8) is 0 Å². The van der Waals surface area contributed by atoms with E-state index in [2.05, 4.69) is 30.0 Å². The Morgan fingerprint density at radius 3 is 2.67 bits per heavy atom. The number of likely N-dealkylation sites (tertiary alicyclic amines) is 1. The van der Waals surface area contributed by atoms with Gasteiger partial charge >= 0.3 is 0 Å². The number of hydrogen-bond acceptors (Lipinski definition) is 7. The molecule has 0 bridgehead atoms. The molecule has 1 saturated heterocycles. The number of fused-ring (bicyclic) bond motifs is 1. The van der Waals surface area contributed by atoms with Gasteiger partial charge in [0.15, 0.2) is 0 Å². The van der Waals surface area contributed by atoms with E-state index >= 15 is 0 Å². The van der Waals surface area contributed by atoms with Gasteiger partial charge in [0.25, 0.3) is 5.91 Å². The second kappa shape index (κ2) is 7.07. The lowest BCUT2D eigenvalue weighted by Crippen LogP contribution is -2.38. The summed E-state index contributed by atoms with van der Waals surface area (Å²) in [5.74, 6) is 2.31. The number of carbonyl (C=O) groups is 1. The highest BCUT2D eigenvalue weighted by Crippen LogP contribution is 2.28. The molecule has 0 unspecified atom stereocenters. The molecule has 1 aliphatic heterocycles. The number of carbonyl (C=O) groups excluding carboxylic acids is 1. The van der Waals surface area contributed by atoms with Gasteiger partial charge in [0.05, 0.1) is 6.54 Å². The molecule has 3 aromatic rings. The smallest absolute Gasteiger partial charge is 0.253 e. The van der Waals surface area contributed by atoms with Crippen LogP contribution in [0.2, 0.25) is 0 Å². The van der Waals surface area contributed by atoms with Crippen molar-refractivity contribution in [1.82, 2.24) is 34.9 Å². The maximum Gasteiger partial charge on any atom is 0.253 e. The van der Waals surface area contributed by atoms with Gasteiger partial charge in [0.2, 0.25) is 0 Å². The van der Waals surface area contributed by atoms with Crippen LogP contribution in [0.1, 0.15) is 40.8 Å². The fourth-order valence-corrected chi connectivity index (χ4v) is 3.59. The molecule has 9 nitrogen and oxygen atoms in total. The summed E-state index contributed by atoms with van der Waals surface area (Å²) in [5.41, 5.74) is 1.87. The molecular weight excluding hydrogens is 346 g/mol. The molecule has 142 valence electrons. The molecule has 0 saturated carbocycles. The molecule has 1 amide bonds. The standard InChI is InChI=1S/C18H23N7O2/c1-23(2)11-16-19-20-17(24(16)3)12-6-8-25(9-7-12)18(26)13-4-5-14-15(10-13)22-27-21-14/h4-5,10,12H,6-9,11H2,1-3H3. The molecule has 2 aromatic heterocycles. The van der Waals surface area contributed by atoms with E-state index in [0.29, 0.717) is 35.6 Å². The van der Waals surface area contributed by atoms with Crippen molar-refractivity contribution < 1.29 is 9.42 Å². The molecule has 0 radical (unpaired) electrons. The van der Waals surface area contributed by atoms with Gasteiger partial charge in [-0.1, -0.05) is 0 Å². The Hall–Kier alpha value is -2.81. The van der Waals surface area contributed by atoms with Crippen LogP contribution in [-0.4, -0.2) is 68.0 Å². The lowest BCUT2D eigenvalue weighted by molar-refractivity contribution is 0.0710. The van der Waals surface area contributed by atoms with E-state index in [-0.39, 0.29) is 5.91 Å². The Morgan fingerprint density at radius 2 is 1.93 bits per heavy atom. The first-order chi connectivity index (χ1) is 13.0. The molecule has 1 aromatic carbocycles. The van der Waals surface area contributed by atoms with Crippen LogP contribution in [-0.2, 0) is 13.6 Å². The minimum atomic E-state index is 0.0182. The fraction of sp³-hybridized carbons (Fsp3) is 0.500. The number of benzene rings is 1. The number of aromatic nitrogens is 5. The minimum Gasteiger partial charge on any atom is -0.339 e. The van der Waals surface area contributed by atoms with E-state index in [9.17, 15) is 4.79 Å². The normalized spacial score (nSPS) is 15.8. The molecule has 1 aliphatic rings. The van der Waals surface area contributed by atoms with Gasteiger partial charge < -0.3 is 14.4 Å². The van der Waals surface area contributed by atoms with Gasteiger partial charge in [-0.25, -0.2) is 4.63 Å². The maximum atomic E-state index is 12.8. The summed E-state index contributed by atoms with van der Waals surface area (Å²) in [6.07, 6.45) is 1.76. The van der Waals surface area contributed by atoms with Crippen LogP contribution in [0.5, 0.6) is 0 Å². The molecule has 3 heterocycles. The van der Waals surface area contributed by atoms with E-state index in [4.69, 9.17) is 4.63 Å². The minimum absolute atomic E-state index is 0.0182. The van der Waals surface area contributed by atoms with Crippen molar-refractivity contribution >= 4 is 16.9 Å². The fourth-order valence-electron chi connectivity index (χ4n) is 3.59. The van der Waals surface area contributed by atoms with Gasteiger partial charge in [0, 0.05) is 31.6 Å². The Morgan fingerprint density at radius 1 is 1.19 bits per heavy atom. The number of piperidine rings is 1. The number of nitrogens with zero attached hydrogens (tertiary/aromatic N) is 7. The zero-order valence-electron chi connectivity index (χ0n) is 15.8. The third kappa shape index (κ3) is 3.42. The lowest BCUT2D eigenvalue weighted by Gasteiger charge is -2.31. The van der Waals surface area contributed by atoms with Gasteiger partial charge in [-0.2, -0.15) is 0 Å². The summed E-state index contributed by atoms with van der Waals surface area (Å²) < 4.78 is 6.79. The SMILES string of the molecule is CN(C)Cc1nnc(C2CCN(C(=O)c3ccc4nonc4c3)CC2)n1C. The third-order valence-corrected chi connectivity index (χ3v) is 5.10. The Balaban J connectivity index is 1.42. The summed E-state index contributed by atoms with van der Waals surface area (Å²) in [7, 11) is 6.06.